The number of hydrazone groups is 1. The number of hydrogen-bond donors (Lipinski definition) is 1. The Morgan fingerprint density at radius 3 is 2.34 bits per heavy atom. The molecule has 1 aliphatic rings. The first-order valence-corrected chi connectivity index (χ1v) is 14.6. The number of rotatable bonds is 10. The molecule has 4 rings (SSSR count). The highest BCUT2D eigenvalue weighted by Gasteiger charge is 2.28. The van der Waals surface area contributed by atoms with Crippen molar-refractivity contribution in [2.75, 3.05) is 26.3 Å². The van der Waals surface area contributed by atoms with Gasteiger partial charge in [0, 0.05) is 18.7 Å². The number of carbonyl (C=O) groups excluding carboxylic acids is 3. The number of ether oxygens (including phenoxy) is 3. The SMILES string of the molecule is CCOC(=O)C1CCN(C(=O)COc2c(Br)cc(C=NNC(=O)c3cccc(Oc4ccccc4)c3)cc2Br)CC1. The average Bonchev–Trinajstić information content (AvgIpc) is 2.97. The summed E-state index contributed by atoms with van der Waals surface area (Å²) in [4.78, 5) is 38.9. The second-order valence-corrected chi connectivity index (χ2v) is 10.9. The van der Waals surface area contributed by atoms with Crippen LogP contribution in [0.25, 0.3) is 0 Å². The molecule has 0 bridgehead atoms. The van der Waals surface area contributed by atoms with E-state index < -0.39 is 0 Å². The number of hydrogen-bond acceptors (Lipinski definition) is 7. The Labute approximate surface area is 255 Å². The van der Waals surface area contributed by atoms with Gasteiger partial charge in [-0.2, -0.15) is 5.10 Å². The van der Waals surface area contributed by atoms with Gasteiger partial charge in [-0.25, -0.2) is 5.43 Å². The molecule has 1 fully saturated rings. The Kier molecular flexibility index (Phi) is 10.9. The number of piperidine rings is 1. The minimum Gasteiger partial charge on any atom is -0.481 e. The van der Waals surface area contributed by atoms with E-state index >= 15 is 0 Å². The minimum absolute atomic E-state index is 0.141. The number of esters is 1. The summed E-state index contributed by atoms with van der Waals surface area (Å²) in [6.07, 6.45) is 2.66. The fourth-order valence-electron chi connectivity index (χ4n) is 4.20. The van der Waals surface area contributed by atoms with Crippen molar-refractivity contribution in [2.24, 2.45) is 11.0 Å². The summed E-state index contributed by atoms with van der Waals surface area (Å²) in [6.45, 7) is 2.97. The van der Waals surface area contributed by atoms with Crippen molar-refractivity contribution in [2.45, 2.75) is 19.8 Å². The van der Waals surface area contributed by atoms with Crippen molar-refractivity contribution < 1.29 is 28.6 Å². The van der Waals surface area contributed by atoms with E-state index in [0.717, 1.165) is 0 Å². The zero-order valence-electron chi connectivity index (χ0n) is 22.3. The van der Waals surface area contributed by atoms with Crippen molar-refractivity contribution in [3.05, 3.63) is 86.8 Å². The third kappa shape index (κ3) is 8.64. The largest absolute Gasteiger partial charge is 0.481 e. The van der Waals surface area contributed by atoms with E-state index in [9.17, 15) is 14.4 Å². The molecule has 1 aliphatic heterocycles. The molecule has 11 heteroatoms. The summed E-state index contributed by atoms with van der Waals surface area (Å²) in [7, 11) is 0. The van der Waals surface area contributed by atoms with Gasteiger partial charge in [0.2, 0.25) is 0 Å². The molecule has 1 N–H and O–H groups in total. The Morgan fingerprint density at radius 2 is 1.66 bits per heavy atom. The molecule has 1 heterocycles. The van der Waals surface area contributed by atoms with Crippen molar-refractivity contribution in [1.82, 2.24) is 10.3 Å². The molecule has 41 heavy (non-hydrogen) atoms. The van der Waals surface area contributed by atoms with Gasteiger partial charge in [0.15, 0.2) is 6.61 Å². The zero-order valence-corrected chi connectivity index (χ0v) is 25.5. The number of benzene rings is 3. The van der Waals surface area contributed by atoms with Crippen LogP contribution in [-0.4, -0.2) is 55.2 Å². The Balaban J connectivity index is 1.28. The van der Waals surface area contributed by atoms with Crippen LogP contribution in [0.1, 0.15) is 35.7 Å². The lowest BCUT2D eigenvalue weighted by atomic mass is 9.97. The standard InChI is InChI=1S/C30H29Br2N3O6/c1-2-39-30(38)21-11-13-35(14-12-21)27(36)19-40-28-25(31)15-20(16-26(28)32)18-33-34-29(37)22-7-6-10-24(17-22)41-23-8-4-3-5-9-23/h3-10,15-18,21H,2,11-14,19H2,1H3,(H,34,37). The number of nitrogens with one attached hydrogen (secondary N) is 1. The first-order chi connectivity index (χ1) is 19.8. The number of para-hydroxylation sites is 1. The maximum atomic E-state index is 12.7. The summed E-state index contributed by atoms with van der Waals surface area (Å²) in [6, 6.07) is 19.7. The molecule has 0 radical (unpaired) electrons. The lowest BCUT2D eigenvalue weighted by molar-refractivity contribution is -0.151. The molecule has 1 saturated heterocycles. The van der Waals surface area contributed by atoms with Gasteiger partial charge in [-0.3, -0.25) is 14.4 Å². The zero-order chi connectivity index (χ0) is 29.2. The van der Waals surface area contributed by atoms with Crippen molar-refractivity contribution in [1.29, 1.82) is 0 Å². The van der Waals surface area contributed by atoms with E-state index in [2.05, 4.69) is 42.4 Å². The van der Waals surface area contributed by atoms with Crippen LogP contribution in [0.15, 0.2) is 80.8 Å². The van der Waals surface area contributed by atoms with Gasteiger partial charge in [0.1, 0.15) is 17.2 Å². The average molecular weight is 687 g/mol. The summed E-state index contributed by atoms with van der Waals surface area (Å²) < 4.78 is 17.9. The van der Waals surface area contributed by atoms with Gasteiger partial charge in [-0.1, -0.05) is 24.3 Å². The molecular formula is C30H29Br2N3O6. The summed E-state index contributed by atoms with van der Waals surface area (Å²) in [5.74, 6) is 0.773. The number of nitrogens with zero attached hydrogens (tertiary/aromatic N) is 2. The lowest BCUT2D eigenvalue weighted by Gasteiger charge is -2.30. The molecule has 214 valence electrons. The molecule has 3 aromatic carbocycles. The van der Waals surface area contributed by atoms with E-state index in [1.165, 1.54) is 6.21 Å². The molecule has 0 aromatic heterocycles. The summed E-state index contributed by atoms with van der Waals surface area (Å²) >= 11 is 6.96. The molecule has 9 nitrogen and oxygen atoms in total. The molecule has 0 aliphatic carbocycles. The Hall–Kier alpha value is -3.70. The fraction of sp³-hybridized carbons (Fsp3) is 0.267. The molecule has 0 spiro atoms. The Morgan fingerprint density at radius 1 is 0.976 bits per heavy atom. The normalized spacial score (nSPS) is 13.6. The van der Waals surface area contributed by atoms with Gasteiger partial charge < -0.3 is 19.1 Å². The van der Waals surface area contributed by atoms with Gasteiger partial charge >= 0.3 is 5.97 Å². The third-order valence-electron chi connectivity index (χ3n) is 6.28. The number of likely N-dealkylation sites (tertiary alicyclic amines) is 1. The van der Waals surface area contributed by atoms with Gasteiger partial charge in [0.25, 0.3) is 11.8 Å². The van der Waals surface area contributed by atoms with E-state index in [1.54, 1.807) is 48.2 Å². The van der Waals surface area contributed by atoms with Crippen LogP contribution in [0, 0.1) is 5.92 Å². The molecule has 0 unspecified atom stereocenters. The quantitative estimate of drug-likeness (QED) is 0.161. The van der Waals surface area contributed by atoms with E-state index in [0.29, 0.717) is 69.9 Å². The minimum atomic E-state index is -0.386. The topological polar surface area (TPSA) is 107 Å². The second-order valence-electron chi connectivity index (χ2n) is 9.15. The van der Waals surface area contributed by atoms with Crippen LogP contribution < -0.4 is 14.9 Å². The van der Waals surface area contributed by atoms with Crippen molar-refractivity contribution in [3.63, 3.8) is 0 Å². The van der Waals surface area contributed by atoms with Crippen LogP contribution in [0.2, 0.25) is 0 Å². The predicted octanol–water partition coefficient (Wildman–Crippen LogP) is 5.95. The highest BCUT2D eigenvalue weighted by Crippen LogP contribution is 2.34. The van der Waals surface area contributed by atoms with Crippen LogP contribution in [-0.2, 0) is 14.3 Å². The van der Waals surface area contributed by atoms with E-state index in [1.807, 2.05) is 30.3 Å². The summed E-state index contributed by atoms with van der Waals surface area (Å²) in [5.41, 5.74) is 3.60. The fourth-order valence-corrected chi connectivity index (χ4v) is 5.65. The molecule has 0 saturated carbocycles. The molecule has 3 aromatic rings. The van der Waals surface area contributed by atoms with Crippen LogP contribution >= 0.6 is 31.9 Å². The predicted molar refractivity (Wildman–Crippen MR) is 161 cm³/mol. The molecule has 2 amide bonds. The van der Waals surface area contributed by atoms with Crippen molar-refractivity contribution in [3.8, 4) is 17.2 Å². The van der Waals surface area contributed by atoms with Gasteiger partial charge in [-0.05, 0) is 99.7 Å². The van der Waals surface area contributed by atoms with Crippen molar-refractivity contribution >= 4 is 55.9 Å². The number of carbonyl (C=O) groups is 3. The summed E-state index contributed by atoms with van der Waals surface area (Å²) in [5, 5.41) is 4.07. The Bertz CT molecular complexity index is 1390. The van der Waals surface area contributed by atoms with Gasteiger partial charge in [0.05, 0.1) is 27.7 Å². The van der Waals surface area contributed by atoms with Crippen LogP contribution in [0.5, 0.6) is 17.2 Å². The highest BCUT2D eigenvalue weighted by molar-refractivity contribution is 9.11. The first kappa shape index (κ1) is 30.3. The van der Waals surface area contributed by atoms with Crippen LogP contribution in [0.4, 0.5) is 0 Å². The maximum absolute atomic E-state index is 12.7. The van der Waals surface area contributed by atoms with E-state index in [4.69, 9.17) is 14.2 Å². The second kappa shape index (κ2) is 14.8. The monoisotopic (exact) mass is 685 g/mol. The van der Waals surface area contributed by atoms with Gasteiger partial charge in [-0.15, -0.1) is 0 Å². The smallest absolute Gasteiger partial charge is 0.309 e. The first-order valence-electron chi connectivity index (χ1n) is 13.1. The van der Waals surface area contributed by atoms with E-state index in [-0.39, 0.29) is 30.3 Å². The number of halogens is 2. The lowest BCUT2D eigenvalue weighted by Crippen LogP contribution is -2.42. The van der Waals surface area contributed by atoms with Crippen LogP contribution in [0.3, 0.4) is 0 Å². The highest BCUT2D eigenvalue weighted by atomic mass is 79.9. The third-order valence-corrected chi connectivity index (χ3v) is 7.46. The number of amides is 2. The molecule has 0 atom stereocenters. The maximum Gasteiger partial charge on any atom is 0.309 e. The molecular weight excluding hydrogens is 658 g/mol.